The minimum atomic E-state index is -0.491. The van der Waals surface area contributed by atoms with Crippen molar-refractivity contribution in [2.24, 2.45) is 0 Å². The van der Waals surface area contributed by atoms with E-state index >= 15 is 0 Å². The highest BCUT2D eigenvalue weighted by Gasteiger charge is 2.07. The van der Waals surface area contributed by atoms with E-state index in [2.05, 4.69) is 0 Å². The summed E-state index contributed by atoms with van der Waals surface area (Å²) in [5, 5.41) is 1.05. The summed E-state index contributed by atoms with van der Waals surface area (Å²) < 4.78 is 18.4. The smallest absolute Gasteiger partial charge is 0.153 e. The SMILES string of the molecule is O=Cc1cc(F)ccc1OCc1cc(Cl)ccc1Cl. The van der Waals surface area contributed by atoms with Crippen LogP contribution in [0.15, 0.2) is 36.4 Å². The summed E-state index contributed by atoms with van der Waals surface area (Å²) in [5.41, 5.74) is 0.841. The molecule has 0 N–H and O–H groups in total. The lowest BCUT2D eigenvalue weighted by Crippen LogP contribution is -1.99. The zero-order valence-electron chi connectivity index (χ0n) is 9.70. The van der Waals surface area contributed by atoms with Crippen LogP contribution >= 0.6 is 23.2 Å². The van der Waals surface area contributed by atoms with Gasteiger partial charge in [-0.3, -0.25) is 4.79 Å². The number of halogens is 3. The molecule has 0 aromatic heterocycles. The van der Waals surface area contributed by atoms with Gasteiger partial charge in [-0.15, -0.1) is 0 Å². The fourth-order valence-corrected chi connectivity index (χ4v) is 1.92. The van der Waals surface area contributed by atoms with Crippen LogP contribution in [0.25, 0.3) is 0 Å². The molecule has 0 saturated heterocycles. The normalized spacial score (nSPS) is 10.3. The lowest BCUT2D eigenvalue weighted by Gasteiger charge is -2.10. The van der Waals surface area contributed by atoms with Gasteiger partial charge in [0.1, 0.15) is 18.2 Å². The molecule has 0 bridgehead atoms. The number of ether oxygens (including phenoxy) is 1. The fraction of sp³-hybridized carbons (Fsp3) is 0.0714. The molecule has 0 heterocycles. The Bertz CT molecular complexity index is 614. The monoisotopic (exact) mass is 298 g/mol. The molecule has 0 aliphatic carbocycles. The first-order valence-corrected chi connectivity index (χ1v) is 6.17. The molecule has 98 valence electrons. The summed E-state index contributed by atoms with van der Waals surface area (Å²) in [4.78, 5) is 10.8. The van der Waals surface area contributed by atoms with Gasteiger partial charge in [0, 0.05) is 15.6 Å². The second-order valence-corrected chi connectivity index (χ2v) is 4.67. The molecule has 2 nitrogen and oxygen atoms in total. The summed E-state index contributed by atoms with van der Waals surface area (Å²) in [6.45, 7) is 0.145. The Morgan fingerprint density at radius 2 is 1.95 bits per heavy atom. The number of rotatable bonds is 4. The van der Waals surface area contributed by atoms with E-state index in [1.807, 2.05) is 0 Å². The molecule has 0 unspecified atom stereocenters. The van der Waals surface area contributed by atoms with Gasteiger partial charge in [-0.05, 0) is 36.4 Å². The van der Waals surface area contributed by atoms with Crippen molar-refractivity contribution in [3.8, 4) is 5.75 Å². The highest BCUT2D eigenvalue weighted by molar-refractivity contribution is 6.33. The number of aldehydes is 1. The molecule has 2 rings (SSSR count). The predicted molar refractivity (Wildman–Crippen MR) is 72.6 cm³/mol. The van der Waals surface area contributed by atoms with Crippen molar-refractivity contribution in [3.63, 3.8) is 0 Å². The highest BCUT2D eigenvalue weighted by atomic mass is 35.5. The Balaban J connectivity index is 2.18. The van der Waals surface area contributed by atoms with Crippen LogP contribution in [0.3, 0.4) is 0 Å². The van der Waals surface area contributed by atoms with Crippen LogP contribution < -0.4 is 4.74 Å². The molecule has 19 heavy (non-hydrogen) atoms. The second-order valence-electron chi connectivity index (χ2n) is 3.82. The fourth-order valence-electron chi connectivity index (χ4n) is 1.55. The van der Waals surface area contributed by atoms with E-state index in [-0.39, 0.29) is 12.2 Å². The molecule has 0 aliphatic heterocycles. The lowest BCUT2D eigenvalue weighted by molar-refractivity contribution is 0.111. The van der Waals surface area contributed by atoms with Crippen LogP contribution in [0.5, 0.6) is 5.75 Å². The molecule has 2 aromatic rings. The van der Waals surface area contributed by atoms with E-state index in [1.165, 1.54) is 12.1 Å². The van der Waals surface area contributed by atoms with Gasteiger partial charge in [0.2, 0.25) is 0 Å². The van der Waals surface area contributed by atoms with Gasteiger partial charge in [-0.1, -0.05) is 23.2 Å². The van der Waals surface area contributed by atoms with E-state index in [9.17, 15) is 9.18 Å². The van der Waals surface area contributed by atoms with Crippen LogP contribution in [-0.4, -0.2) is 6.29 Å². The first-order valence-electron chi connectivity index (χ1n) is 5.41. The molecular formula is C14H9Cl2FO2. The molecule has 2 aromatic carbocycles. The minimum Gasteiger partial charge on any atom is -0.488 e. The van der Waals surface area contributed by atoms with E-state index in [4.69, 9.17) is 27.9 Å². The third-order valence-corrected chi connectivity index (χ3v) is 3.09. The van der Waals surface area contributed by atoms with Crippen molar-refractivity contribution in [3.05, 3.63) is 63.4 Å². The number of carbonyl (C=O) groups is 1. The van der Waals surface area contributed by atoms with Crippen molar-refractivity contribution in [2.75, 3.05) is 0 Å². The highest BCUT2D eigenvalue weighted by Crippen LogP contribution is 2.24. The maximum atomic E-state index is 13.0. The second kappa shape index (κ2) is 6.04. The van der Waals surface area contributed by atoms with Crippen molar-refractivity contribution in [2.45, 2.75) is 6.61 Å². The summed E-state index contributed by atoms with van der Waals surface area (Å²) in [6.07, 6.45) is 0.540. The zero-order valence-corrected chi connectivity index (χ0v) is 11.2. The predicted octanol–water partition coefficient (Wildman–Crippen LogP) is 4.52. The van der Waals surface area contributed by atoms with E-state index in [0.29, 0.717) is 27.6 Å². The Kier molecular flexibility index (Phi) is 4.40. The van der Waals surface area contributed by atoms with Gasteiger partial charge in [0.15, 0.2) is 6.29 Å². The van der Waals surface area contributed by atoms with Gasteiger partial charge < -0.3 is 4.74 Å². The van der Waals surface area contributed by atoms with Gasteiger partial charge in [-0.25, -0.2) is 4.39 Å². The topological polar surface area (TPSA) is 26.3 Å². The Hall–Kier alpha value is -1.58. The molecule has 0 amide bonds. The van der Waals surface area contributed by atoms with Crippen molar-refractivity contribution in [1.82, 2.24) is 0 Å². The molecule has 0 aliphatic rings. The molecule has 0 fully saturated rings. The van der Waals surface area contributed by atoms with Crippen molar-refractivity contribution in [1.29, 1.82) is 0 Å². The van der Waals surface area contributed by atoms with E-state index in [0.717, 1.165) is 6.07 Å². The van der Waals surface area contributed by atoms with Crippen LogP contribution in [0.2, 0.25) is 10.0 Å². The number of carbonyl (C=O) groups excluding carboxylic acids is 1. The van der Waals surface area contributed by atoms with Crippen molar-refractivity contribution >= 4 is 29.5 Å². The van der Waals surface area contributed by atoms with Crippen LogP contribution in [0.1, 0.15) is 15.9 Å². The molecular weight excluding hydrogens is 290 g/mol. The van der Waals surface area contributed by atoms with Gasteiger partial charge in [0.25, 0.3) is 0 Å². The third-order valence-electron chi connectivity index (χ3n) is 2.49. The average Bonchev–Trinajstić information content (AvgIpc) is 2.40. The molecule has 0 spiro atoms. The number of hydrogen-bond donors (Lipinski definition) is 0. The van der Waals surface area contributed by atoms with Crippen LogP contribution in [-0.2, 0) is 6.61 Å². The summed E-state index contributed by atoms with van der Waals surface area (Å²) in [5.74, 6) is -0.192. The maximum Gasteiger partial charge on any atom is 0.153 e. The van der Waals surface area contributed by atoms with Crippen LogP contribution in [0, 0.1) is 5.82 Å². The average molecular weight is 299 g/mol. The molecule has 0 radical (unpaired) electrons. The Morgan fingerprint density at radius 3 is 2.68 bits per heavy atom. The lowest BCUT2D eigenvalue weighted by atomic mass is 10.2. The largest absolute Gasteiger partial charge is 0.488 e. The number of benzene rings is 2. The minimum absolute atomic E-state index is 0.145. The molecule has 5 heteroatoms. The van der Waals surface area contributed by atoms with Gasteiger partial charge >= 0.3 is 0 Å². The van der Waals surface area contributed by atoms with Crippen molar-refractivity contribution < 1.29 is 13.9 Å². The van der Waals surface area contributed by atoms with Gasteiger partial charge in [-0.2, -0.15) is 0 Å². The van der Waals surface area contributed by atoms with E-state index < -0.39 is 5.82 Å². The maximum absolute atomic E-state index is 13.0. The molecule has 0 saturated carbocycles. The number of hydrogen-bond acceptors (Lipinski definition) is 2. The van der Waals surface area contributed by atoms with Gasteiger partial charge in [0.05, 0.1) is 5.56 Å². The summed E-state index contributed by atoms with van der Waals surface area (Å²) >= 11 is 11.9. The summed E-state index contributed by atoms with van der Waals surface area (Å²) in [7, 11) is 0. The molecule has 0 atom stereocenters. The first-order chi connectivity index (χ1) is 9.10. The quantitative estimate of drug-likeness (QED) is 0.776. The van der Waals surface area contributed by atoms with E-state index in [1.54, 1.807) is 18.2 Å². The van der Waals surface area contributed by atoms with Crippen LogP contribution in [0.4, 0.5) is 4.39 Å². The zero-order chi connectivity index (χ0) is 13.8. The first kappa shape index (κ1) is 13.8. The Morgan fingerprint density at radius 1 is 1.16 bits per heavy atom. The summed E-state index contributed by atoms with van der Waals surface area (Å²) in [6, 6.07) is 8.74. The Labute approximate surface area is 119 Å². The standard InChI is InChI=1S/C14H9Cl2FO2/c15-11-1-3-13(16)10(5-11)8-19-14-4-2-12(17)6-9(14)7-18/h1-7H,8H2. The third kappa shape index (κ3) is 3.46.